The number of nitrogens with zero attached hydrogens (tertiary/aromatic N) is 1. The molecule has 0 aromatic heterocycles. The van der Waals surface area contributed by atoms with E-state index in [0.717, 1.165) is 24.3 Å². The van der Waals surface area contributed by atoms with Crippen LogP contribution in [0.15, 0.2) is 29.2 Å². The summed E-state index contributed by atoms with van der Waals surface area (Å²) in [6.07, 6.45) is -0.554. The lowest BCUT2D eigenvalue weighted by Gasteiger charge is -2.08. The van der Waals surface area contributed by atoms with Crippen LogP contribution in [0.2, 0.25) is 0 Å². The number of nitro benzene ring substituents is 1. The first kappa shape index (κ1) is 16.1. The predicted octanol–water partition coefficient (Wildman–Crippen LogP) is 1.71. The van der Waals surface area contributed by atoms with Crippen LogP contribution in [0.25, 0.3) is 0 Å². The zero-order chi connectivity index (χ0) is 15.3. The average Bonchev–Trinajstić information content (AvgIpc) is 2.36. The molecule has 0 atom stereocenters. The molecule has 8 heteroatoms. The molecule has 0 bridgehead atoms. The smallest absolute Gasteiger partial charge is 0.307 e. The minimum atomic E-state index is -3.66. The summed E-state index contributed by atoms with van der Waals surface area (Å²) in [6, 6.07) is 4.53. The van der Waals surface area contributed by atoms with Gasteiger partial charge in [0.15, 0.2) is 9.84 Å². The molecule has 1 aromatic rings. The van der Waals surface area contributed by atoms with Crippen LogP contribution in [0.3, 0.4) is 0 Å². The first-order valence-electron chi connectivity index (χ1n) is 5.89. The number of hydrogen-bond donors (Lipinski definition) is 0. The lowest BCUT2D eigenvalue weighted by atomic mass is 10.3. The predicted molar refractivity (Wildman–Crippen MR) is 71.0 cm³/mol. The zero-order valence-corrected chi connectivity index (χ0v) is 11.9. The summed E-state index contributed by atoms with van der Waals surface area (Å²) in [5, 5.41) is 10.5. The third kappa shape index (κ3) is 4.61. The molecule has 0 N–H and O–H groups in total. The summed E-state index contributed by atoms with van der Waals surface area (Å²) in [7, 11) is -3.66. The monoisotopic (exact) mass is 301 g/mol. The summed E-state index contributed by atoms with van der Waals surface area (Å²) in [6.45, 7) is 3.34. The minimum absolute atomic E-state index is 0.0551. The number of carbonyl (C=O) groups is 1. The summed E-state index contributed by atoms with van der Waals surface area (Å²) < 4.78 is 28.7. The summed E-state index contributed by atoms with van der Waals surface area (Å²) in [5.41, 5.74) is -0.192. The van der Waals surface area contributed by atoms with Crippen molar-refractivity contribution in [3.63, 3.8) is 0 Å². The molecule has 110 valence electrons. The fraction of sp³-hybridized carbons (Fsp3) is 0.417. The molecule has 0 amide bonds. The number of ether oxygens (including phenoxy) is 1. The molecule has 0 aliphatic carbocycles. The van der Waals surface area contributed by atoms with Crippen LogP contribution in [0.1, 0.15) is 20.3 Å². The summed E-state index contributed by atoms with van der Waals surface area (Å²) >= 11 is 0. The molecule has 0 saturated heterocycles. The van der Waals surface area contributed by atoms with Gasteiger partial charge in [0, 0.05) is 12.1 Å². The van der Waals surface area contributed by atoms with Gasteiger partial charge in [0.25, 0.3) is 5.69 Å². The highest BCUT2D eigenvalue weighted by Gasteiger charge is 2.18. The van der Waals surface area contributed by atoms with Gasteiger partial charge in [-0.1, -0.05) is 0 Å². The van der Waals surface area contributed by atoms with Crippen molar-refractivity contribution < 1.29 is 22.9 Å². The van der Waals surface area contributed by atoms with E-state index in [1.54, 1.807) is 13.8 Å². The van der Waals surface area contributed by atoms with Crippen LogP contribution in [0.4, 0.5) is 5.69 Å². The molecule has 1 aromatic carbocycles. The molecule has 0 aliphatic heterocycles. The van der Waals surface area contributed by atoms with Gasteiger partial charge in [0.2, 0.25) is 0 Å². The quantitative estimate of drug-likeness (QED) is 0.450. The third-order valence-corrected chi connectivity index (χ3v) is 4.08. The van der Waals surface area contributed by atoms with Crippen LogP contribution in [-0.2, 0) is 19.4 Å². The maximum Gasteiger partial charge on any atom is 0.307 e. The lowest BCUT2D eigenvalue weighted by molar-refractivity contribution is -0.384. The number of nitro groups is 1. The Kier molecular flexibility index (Phi) is 5.20. The fourth-order valence-corrected chi connectivity index (χ4v) is 2.65. The molecule has 7 nitrogen and oxygen atoms in total. The summed E-state index contributed by atoms with van der Waals surface area (Å²) in [4.78, 5) is 21.1. The number of rotatable bonds is 6. The van der Waals surface area contributed by atoms with Gasteiger partial charge in [-0.2, -0.15) is 0 Å². The Balaban J connectivity index is 2.74. The van der Waals surface area contributed by atoms with E-state index in [0.29, 0.717) is 0 Å². The van der Waals surface area contributed by atoms with Crippen molar-refractivity contribution in [3.05, 3.63) is 34.4 Å². The zero-order valence-electron chi connectivity index (χ0n) is 11.1. The van der Waals surface area contributed by atoms with Gasteiger partial charge in [-0.05, 0) is 26.0 Å². The van der Waals surface area contributed by atoms with Crippen LogP contribution < -0.4 is 0 Å². The molecule has 0 fully saturated rings. The van der Waals surface area contributed by atoms with E-state index in [4.69, 9.17) is 4.74 Å². The van der Waals surface area contributed by atoms with Crippen molar-refractivity contribution in [1.82, 2.24) is 0 Å². The Labute approximate surface area is 116 Å². The Morgan fingerprint density at radius 3 is 2.30 bits per heavy atom. The van der Waals surface area contributed by atoms with E-state index < -0.39 is 26.5 Å². The number of sulfone groups is 1. The second-order valence-corrected chi connectivity index (χ2v) is 6.47. The molecule has 0 unspecified atom stereocenters. The number of hydrogen-bond acceptors (Lipinski definition) is 6. The molecule has 20 heavy (non-hydrogen) atoms. The lowest BCUT2D eigenvalue weighted by Crippen LogP contribution is -2.16. The molecule has 0 saturated carbocycles. The number of benzene rings is 1. The molecule has 0 aliphatic rings. The van der Waals surface area contributed by atoms with Gasteiger partial charge in [0.1, 0.15) is 0 Å². The van der Waals surface area contributed by atoms with E-state index in [9.17, 15) is 23.3 Å². The van der Waals surface area contributed by atoms with Gasteiger partial charge in [-0.15, -0.1) is 0 Å². The maximum atomic E-state index is 11.9. The van der Waals surface area contributed by atoms with Gasteiger partial charge >= 0.3 is 5.97 Å². The van der Waals surface area contributed by atoms with Crippen molar-refractivity contribution in [2.45, 2.75) is 31.3 Å². The number of esters is 1. The van der Waals surface area contributed by atoms with Gasteiger partial charge < -0.3 is 4.74 Å². The van der Waals surface area contributed by atoms with Crippen LogP contribution in [0.5, 0.6) is 0 Å². The van der Waals surface area contributed by atoms with Crippen molar-refractivity contribution in [2.75, 3.05) is 5.75 Å². The Morgan fingerprint density at radius 1 is 1.30 bits per heavy atom. The first-order chi connectivity index (χ1) is 9.22. The second kappa shape index (κ2) is 6.47. The van der Waals surface area contributed by atoms with E-state index in [-0.39, 0.29) is 23.1 Å². The van der Waals surface area contributed by atoms with Gasteiger partial charge in [-0.25, -0.2) is 8.42 Å². The van der Waals surface area contributed by atoms with Crippen molar-refractivity contribution in [3.8, 4) is 0 Å². The highest BCUT2D eigenvalue weighted by molar-refractivity contribution is 7.91. The van der Waals surface area contributed by atoms with Crippen LogP contribution in [-0.4, -0.2) is 31.2 Å². The Bertz CT molecular complexity index is 591. The standard InChI is InChI=1S/C12H15NO6S/c1-9(2)19-12(14)7-8-20(17,18)11-5-3-10(4-6-11)13(15)16/h3-6,9H,7-8H2,1-2H3. The summed E-state index contributed by atoms with van der Waals surface area (Å²) in [5.74, 6) is -0.985. The molecule has 0 heterocycles. The van der Waals surface area contributed by atoms with Gasteiger partial charge in [0.05, 0.1) is 28.1 Å². The SMILES string of the molecule is CC(C)OC(=O)CCS(=O)(=O)c1ccc([N+](=O)[O-])cc1. The Hall–Kier alpha value is -1.96. The molecule has 0 spiro atoms. The van der Waals surface area contributed by atoms with E-state index in [1.807, 2.05) is 0 Å². The highest BCUT2D eigenvalue weighted by Crippen LogP contribution is 2.17. The van der Waals surface area contributed by atoms with Crippen LogP contribution >= 0.6 is 0 Å². The largest absolute Gasteiger partial charge is 0.463 e. The van der Waals surface area contributed by atoms with Crippen molar-refractivity contribution in [1.29, 1.82) is 0 Å². The maximum absolute atomic E-state index is 11.9. The van der Waals surface area contributed by atoms with Gasteiger partial charge in [-0.3, -0.25) is 14.9 Å². The van der Waals surface area contributed by atoms with Crippen molar-refractivity contribution >= 4 is 21.5 Å². The van der Waals surface area contributed by atoms with Crippen LogP contribution in [0, 0.1) is 10.1 Å². The third-order valence-electron chi connectivity index (χ3n) is 2.35. The molecular weight excluding hydrogens is 286 g/mol. The van der Waals surface area contributed by atoms with E-state index in [2.05, 4.69) is 0 Å². The number of carbonyl (C=O) groups excluding carboxylic acids is 1. The highest BCUT2D eigenvalue weighted by atomic mass is 32.2. The molecule has 1 rings (SSSR count). The molecule has 0 radical (unpaired) electrons. The van der Waals surface area contributed by atoms with E-state index in [1.165, 1.54) is 0 Å². The first-order valence-corrected chi connectivity index (χ1v) is 7.54. The minimum Gasteiger partial charge on any atom is -0.463 e. The Morgan fingerprint density at radius 2 is 1.85 bits per heavy atom. The average molecular weight is 301 g/mol. The molecular formula is C12H15NO6S. The normalized spacial score (nSPS) is 11.3. The fourth-order valence-electron chi connectivity index (χ4n) is 1.43. The van der Waals surface area contributed by atoms with Crippen molar-refractivity contribution in [2.24, 2.45) is 0 Å². The van der Waals surface area contributed by atoms with E-state index >= 15 is 0 Å². The number of non-ortho nitro benzene ring substituents is 1. The second-order valence-electron chi connectivity index (χ2n) is 4.36. The topological polar surface area (TPSA) is 104 Å².